The van der Waals surface area contributed by atoms with Crippen LogP contribution in [0.15, 0.2) is 53.6 Å². The Morgan fingerprint density at radius 3 is 2.48 bits per heavy atom. The molecule has 0 bridgehead atoms. The molecule has 0 saturated carbocycles. The highest BCUT2D eigenvalue weighted by Gasteiger charge is 2.15. The van der Waals surface area contributed by atoms with E-state index in [1.807, 2.05) is 6.07 Å². The molecule has 0 aliphatic rings. The van der Waals surface area contributed by atoms with Crippen LogP contribution in [0.4, 0.5) is 0 Å². The summed E-state index contributed by atoms with van der Waals surface area (Å²) in [7, 11) is 3.09. The maximum atomic E-state index is 11.8. The number of aliphatic hydroxyl groups excluding tert-OH is 1. The Balaban J connectivity index is 2.00. The zero-order valence-electron chi connectivity index (χ0n) is 12.9. The van der Waals surface area contributed by atoms with Crippen molar-refractivity contribution < 1.29 is 19.4 Å². The minimum atomic E-state index is -1.27. The second kappa shape index (κ2) is 7.95. The fraction of sp³-hybridized carbons (Fsp3) is 0.176. The molecule has 2 N–H and O–H groups in total. The summed E-state index contributed by atoms with van der Waals surface area (Å²) >= 11 is 0. The van der Waals surface area contributed by atoms with Gasteiger partial charge in [0.05, 0.1) is 20.4 Å². The van der Waals surface area contributed by atoms with Gasteiger partial charge in [0.15, 0.2) is 17.6 Å². The number of nitrogens with zero attached hydrogens (tertiary/aromatic N) is 1. The number of carbonyl (C=O) groups excluding carboxylic acids is 1. The molecule has 0 aliphatic heterocycles. The summed E-state index contributed by atoms with van der Waals surface area (Å²) in [5, 5.41) is 13.8. The molecule has 0 heterocycles. The number of hydrogen-bond acceptors (Lipinski definition) is 5. The first-order chi connectivity index (χ1) is 11.2. The van der Waals surface area contributed by atoms with E-state index in [0.29, 0.717) is 17.1 Å². The lowest BCUT2D eigenvalue weighted by Gasteiger charge is -2.09. The zero-order valence-corrected chi connectivity index (χ0v) is 12.9. The summed E-state index contributed by atoms with van der Waals surface area (Å²) in [6, 6.07) is 13.9. The smallest absolute Gasteiger partial charge is 0.273 e. The molecule has 0 aliphatic carbocycles. The molecule has 2 rings (SSSR count). The van der Waals surface area contributed by atoms with E-state index < -0.39 is 12.0 Å². The molecule has 0 spiro atoms. The fourth-order valence-electron chi connectivity index (χ4n) is 1.95. The minimum absolute atomic E-state index is 0.506. The fourth-order valence-corrected chi connectivity index (χ4v) is 1.95. The first-order valence-electron chi connectivity index (χ1n) is 6.93. The van der Waals surface area contributed by atoms with Crippen LogP contribution in [0.25, 0.3) is 0 Å². The number of benzene rings is 2. The van der Waals surface area contributed by atoms with Gasteiger partial charge in [-0.25, -0.2) is 5.43 Å². The van der Waals surface area contributed by atoms with Crippen molar-refractivity contribution in [3.8, 4) is 11.5 Å². The normalized spacial score (nSPS) is 12.0. The number of ether oxygens (including phenoxy) is 2. The number of carbonyl (C=O) groups is 1. The van der Waals surface area contributed by atoms with Gasteiger partial charge in [0.2, 0.25) is 0 Å². The third kappa shape index (κ3) is 4.31. The van der Waals surface area contributed by atoms with E-state index >= 15 is 0 Å². The largest absolute Gasteiger partial charge is 0.493 e. The maximum absolute atomic E-state index is 11.8. The monoisotopic (exact) mass is 314 g/mol. The number of amides is 1. The second-order valence-electron chi connectivity index (χ2n) is 4.66. The van der Waals surface area contributed by atoms with Gasteiger partial charge in [-0.05, 0) is 29.3 Å². The van der Waals surface area contributed by atoms with E-state index in [4.69, 9.17) is 9.47 Å². The quantitative estimate of drug-likeness (QED) is 0.630. The first-order valence-corrected chi connectivity index (χ1v) is 6.93. The summed E-state index contributed by atoms with van der Waals surface area (Å²) in [6.07, 6.45) is 0.191. The standard InChI is InChI=1S/C17H18N2O4/c1-22-14-9-8-12(10-15(14)23-2)11-18-19-17(21)16(20)13-6-4-3-5-7-13/h3-11,16,20H,1-2H3,(H,19,21). The van der Waals surface area contributed by atoms with Crippen LogP contribution >= 0.6 is 0 Å². The number of hydrogen-bond donors (Lipinski definition) is 2. The minimum Gasteiger partial charge on any atom is -0.493 e. The van der Waals surface area contributed by atoms with Gasteiger partial charge in [-0.15, -0.1) is 0 Å². The highest BCUT2D eigenvalue weighted by molar-refractivity contribution is 5.85. The van der Waals surface area contributed by atoms with E-state index in [0.717, 1.165) is 5.56 Å². The van der Waals surface area contributed by atoms with Gasteiger partial charge in [-0.3, -0.25) is 4.79 Å². The van der Waals surface area contributed by atoms with Crippen molar-refractivity contribution in [3.63, 3.8) is 0 Å². The van der Waals surface area contributed by atoms with Gasteiger partial charge in [0.1, 0.15) is 0 Å². The summed E-state index contributed by atoms with van der Waals surface area (Å²) < 4.78 is 10.3. The molecule has 1 atom stereocenters. The SMILES string of the molecule is COc1ccc(C=NNC(=O)C(O)c2ccccc2)cc1OC. The van der Waals surface area contributed by atoms with Crippen LogP contribution in [0.2, 0.25) is 0 Å². The number of hydrazone groups is 1. The van der Waals surface area contributed by atoms with Gasteiger partial charge in [-0.1, -0.05) is 30.3 Å². The Hall–Kier alpha value is -2.86. The molecule has 1 amide bonds. The number of nitrogens with one attached hydrogen (secondary N) is 1. The van der Waals surface area contributed by atoms with Crippen LogP contribution in [0, 0.1) is 0 Å². The van der Waals surface area contributed by atoms with Crippen molar-refractivity contribution in [1.82, 2.24) is 5.43 Å². The van der Waals surface area contributed by atoms with Gasteiger partial charge in [0.25, 0.3) is 5.91 Å². The topological polar surface area (TPSA) is 80.2 Å². The molecule has 2 aromatic rings. The van der Waals surface area contributed by atoms with Gasteiger partial charge in [-0.2, -0.15) is 5.10 Å². The van der Waals surface area contributed by atoms with Crippen LogP contribution in [-0.2, 0) is 4.79 Å². The molecule has 6 nitrogen and oxygen atoms in total. The molecule has 0 fully saturated rings. The third-order valence-corrected chi connectivity index (χ3v) is 3.16. The summed E-state index contributed by atoms with van der Waals surface area (Å²) in [5.74, 6) is 0.563. The second-order valence-corrected chi connectivity index (χ2v) is 4.66. The van der Waals surface area contributed by atoms with Crippen molar-refractivity contribution in [3.05, 3.63) is 59.7 Å². The van der Waals surface area contributed by atoms with Crippen LogP contribution in [0.3, 0.4) is 0 Å². The molecule has 0 radical (unpaired) electrons. The lowest BCUT2D eigenvalue weighted by atomic mass is 10.1. The van der Waals surface area contributed by atoms with Crippen molar-refractivity contribution in [2.45, 2.75) is 6.10 Å². The van der Waals surface area contributed by atoms with Crippen LogP contribution in [-0.4, -0.2) is 31.4 Å². The number of aliphatic hydroxyl groups is 1. The van der Waals surface area contributed by atoms with Crippen LogP contribution in [0.5, 0.6) is 11.5 Å². The van der Waals surface area contributed by atoms with Crippen molar-refractivity contribution in [2.75, 3.05) is 14.2 Å². The molecular weight excluding hydrogens is 296 g/mol. The van der Waals surface area contributed by atoms with E-state index in [-0.39, 0.29) is 0 Å². The zero-order chi connectivity index (χ0) is 16.7. The molecule has 0 aromatic heterocycles. The Labute approximate surface area is 134 Å². The van der Waals surface area contributed by atoms with Gasteiger partial charge >= 0.3 is 0 Å². The molecule has 120 valence electrons. The molecule has 6 heteroatoms. The van der Waals surface area contributed by atoms with Crippen molar-refractivity contribution in [1.29, 1.82) is 0 Å². The van der Waals surface area contributed by atoms with E-state index in [1.54, 1.807) is 49.6 Å². The maximum Gasteiger partial charge on any atom is 0.273 e. The van der Waals surface area contributed by atoms with Gasteiger partial charge < -0.3 is 14.6 Å². The Kier molecular flexibility index (Phi) is 5.71. The lowest BCUT2D eigenvalue weighted by Crippen LogP contribution is -2.25. The molecule has 2 aromatic carbocycles. The summed E-state index contributed by atoms with van der Waals surface area (Å²) in [6.45, 7) is 0. The molecule has 0 saturated heterocycles. The van der Waals surface area contributed by atoms with E-state index in [9.17, 15) is 9.90 Å². The molecular formula is C17H18N2O4. The van der Waals surface area contributed by atoms with Crippen LogP contribution < -0.4 is 14.9 Å². The summed E-state index contributed by atoms with van der Waals surface area (Å²) in [5.41, 5.74) is 3.53. The predicted octanol–water partition coefficient (Wildman–Crippen LogP) is 1.89. The average Bonchev–Trinajstić information content (AvgIpc) is 2.61. The van der Waals surface area contributed by atoms with E-state index in [1.165, 1.54) is 13.3 Å². The summed E-state index contributed by atoms with van der Waals surface area (Å²) in [4.78, 5) is 11.8. The van der Waals surface area contributed by atoms with E-state index in [2.05, 4.69) is 10.5 Å². The van der Waals surface area contributed by atoms with Crippen LogP contribution in [0.1, 0.15) is 17.2 Å². The van der Waals surface area contributed by atoms with Crippen molar-refractivity contribution >= 4 is 12.1 Å². The Morgan fingerprint density at radius 1 is 1.13 bits per heavy atom. The first kappa shape index (κ1) is 16.5. The third-order valence-electron chi connectivity index (χ3n) is 3.16. The predicted molar refractivity (Wildman–Crippen MR) is 86.7 cm³/mol. The number of methoxy groups -OCH3 is 2. The average molecular weight is 314 g/mol. The van der Waals surface area contributed by atoms with Crippen molar-refractivity contribution in [2.24, 2.45) is 5.10 Å². The highest BCUT2D eigenvalue weighted by atomic mass is 16.5. The Bertz CT molecular complexity index is 686. The van der Waals surface area contributed by atoms with Gasteiger partial charge in [0, 0.05) is 0 Å². The molecule has 1 unspecified atom stereocenters. The lowest BCUT2D eigenvalue weighted by molar-refractivity contribution is -0.129. The Morgan fingerprint density at radius 2 is 1.83 bits per heavy atom. The molecule has 23 heavy (non-hydrogen) atoms. The highest BCUT2D eigenvalue weighted by Crippen LogP contribution is 2.26. The number of rotatable bonds is 6.